The average molecular weight is 680 g/mol. The number of amides is 2. The van der Waals surface area contributed by atoms with Gasteiger partial charge in [-0.2, -0.15) is 0 Å². The Morgan fingerprint density at radius 3 is 2.34 bits per heavy atom. The van der Waals surface area contributed by atoms with Crippen molar-refractivity contribution in [2.75, 3.05) is 25.6 Å². The zero-order valence-electron chi connectivity index (χ0n) is 27.0. The Labute approximate surface area is 281 Å². The molecule has 4 aromatic rings. The van der Waals surface area contributed by atoms with Crippen LogP contribution in [0.5, 0.6) is 5.75 Å². The fraction of sp³-hybridized carbons (Fsp3) is 0.333. The fourth-order valence-corrected chi connectivity index (χ4v) is 6.53. The number of anilines is 1. The molecule has 2 aromatic carbocycles. The van der Waals surface area contributed by atoms with Gasteiger partial charge in [-0.3, -0.25) is 14.2 Å². The number of esters is 2. The monoisotopic (exact) mass is 679 g/mol. The van der Waals surface area contributed by atoms with Crippen molar-refractivity contribution in [1.29, 1.82) is 0 Å². The van der Waals surface area contributed by atoms with E-state index in [9.17, 15) is 19.2 Å². The number of thiophene rings is 1. The minimum absolute atomic E-state index is 0.102. The summed E-state index contributed by atoms with van der Waals surface area (Å²) in [5.74, 6) is -0.665. The molecule has 0 radical (unpaired) electrons. The van der Waals surface area contributed by atoms with Crippen LogP contribution in [0.2, 0.25) is 0 Å². The molecule has 0 fully saturated rings. The molecule has 0 aliphatic heterocycles. The van der Waals surface area contributed by atoms with Crippen LogP contribution in [-0.2, 0) is 32.0 Å². The highest BCUT2D eigenvalue weighted by atomic mass is 32.2. The van der Waals surface area contributed by atoms with Gasteiger partial charge in [0, 0.05) is 5.69 Å². The molecule has 4 rings (SSSR count). The van der Waals surface area contributed by atoms with Crippen molar-refractivity contribution in [3.05, 3.63) is 81.5 Å². The van der Waals surface area contributed by atoms with Crippen LogP contribution in [0.1, 0.15) is 63.3 Å². The van der Waals surface area contributed by atoms with E-state index in [1.165, 1.54) is 0 Å². The van der Waals surface area contributed by atoms with Gasteiger partial charge in [-0.05, 0) is 75.6 Å². The normalized spacial score (nSPS) is 11.4. The molecule has 0 aliphatic rings. The van der Waals surface area contributed by atoms with E-state index >= 15 is 0 Å². The van der Waals surface area contributed by atoms with E-state index in [-0.39, 0.29) is 47.5 Å². The third-order valence-corrected chi connectivity index (χ3v) is 9.13. The summed E-state index contributed by atoms with van der Waals surface area (Å²) in [6, 6.07) is 15.0. The lowest BCUT2D eigenvalue weighted by atomic mass is 10.1. The predicted octanol–water partition coefficient (Wildman–Crippen LogP) is 5.29. The number of aromatic nitrogens is 3. The lowest BCUT2D eigenvalue weighted by Gasteiger charge is -2.15. The van der Waals surface area contributed by atoms with Crippen molar-refractivity contribution >= 4 is 51.9 Å². The Kier molecular flexibility index (Phi) is 12.1. The summed E-state index contributed by atoms with van der Waals surface area (Å²) in [5.41, 5.74) is 3.09. The molecule has 0 bridgehead atoms. The predicted molar refractivity (Wildman–Crippen MR) is 180 cm³/mol. The van der Waals surface area contributed by atoms with Crippen molar-refractivity contribution in [3.8, 4) is 11.4 Å². The summed E-state index contributed by atoms with van der Waals surface area (Å²) in [7, 11) is 1.58. The maximum absolute atomic E-state index is 13.5. The van der Waals surface area contributed by atoms with Crippen molar-refractivity contribution < 1.29 is 33.4 Å². The molecule has 0 saturated carbocycles. The molecule has 2 N–H and O–H groups in total. The number of nitrogens with one attached hydrogen (secondary N) is 2. The molecule has 0 aliphatic carbocycles. The third-order valence-electron chi connectivity index (χ3n) is 6.90. The van der Waals surface area contributed by atoms with Gasteiger partial charge >= 0.3 is 11.9 Å². The van der Waals surface area contributed by atoms with E-state index in [1.807, 2.05) is 43.3 Å². The van der Waals surface area contributed by atoms with Gasteiger partial charge < -0.3 is 24.8 Å². The average Bonchev–Trinajstić information content (AvgIpc) is 3.60. The second-order valence-electron chi connectivity index (χ2n) is 10.3. The van der Waals surface area contributed by atoms with Gasteiger partial charge in [-0.25, -0.2) is 9.59 Å². The Bertz CT molecular complexity index is 1750. The minimum atomic E-state index is -0.705. The minimum Gasteiger partial charge on any atom is -0.497 e. The van der Waals surface area contributed by atoms with Crippen LogP contribution in [0.15, 0.2) is 53.7 Å². The molecule has 0 unspecified atom stereocenters. The van der Waals surface area contributed by atoms with Crippen molar-refractivity contribution in [1.82, 2.24) is 20.1 Å². The number of hydrogen-bond acceptors (Lipinski definition) is 11. The maximum Gasteiger partial charge on any atom is 0.348 e. The number of hydrogen-bond donors (Lipinski definition) is 2. The first-order chi connectivity index (χ1) is 22.6. The molecule has 12 nitrogen and oxygen atoms in total. The lowest BCUT2D eigenvalue weighted by molar-refractivity contribution is -0.120. The van der Waals surface area contributed by atoms with Gasteiger partial charge in [0.2, 0.25) is 11.8 Å². The molecule has 248 valence electrons. The first kappa shape index (κ1) is 35.2. The first-order valence-electron chi connectivity index (χ1n) is 14.9. The van der Waals surface area contributed by atoms with Crippen molar-refractivity contribution in [2.45, 2.75) is 58.0 Å². The maximum atomic E-state index is 13.5. The summed E-state index contributed by atoms with van der Waals surface area (Å²) in [6.45, 7) is 9.02. The number of rotatable bonds is 14. The summed E-state index contributed by atoms with van der Waals surface area (Å²) >= 11 is 2.12. The Balaban J connectivity index is 1.54. The molecule has 2 aromatic heterocycles. The molecule has 47 heavy (non-hydrogen) atoms. The topological polar surface area (TPSA) is 151 Å². The standard InChI is InChI=1S/C33H37N5O7S2/c1-7-44-31(41)27-20(4)28(32(42)45-8-2)47-30(27)35-29(40)21(5)46-33-37-36-25(38(33)23-11-9-10-19(3)16-23)18-34-26(39)17-22-12-14-24(43-6)15-13-22/h9-16,21H,7-8,17-18H2,1-6H3,(H,34,39)(H,35,40)/t21-/m0/s1. The fourth-order valence-electron chi connectivity index (χ4n) is 4.55. The number of aryl methyl sites for hydroxylation is 1. The van der Waals surface area contributed by atoms with E-state index in [0.29, 0.717) is 22.3 Å². The zero-order chi connectivity index (χ0) is 34.1. The highest BCUT2D eigenvalue weighted by Gasteiger charge is 2.29. The van der Waals surface area contributed by atoms with Gasteiger partial charge in [0.25, 0.3) is 0 Å². The van der Waals surface area contributed by atoms with Crippen LogP contribution in [0.25, 0.3) is 5.69 Å². The van der Waals surface area contributed by atoms with E-state index in [2.05, 4.69) is 20.8 Å². The molecule has 14 heteroatoms. The number of methoxy groups -OCH3 is 1. The summed E-state index contributed by atoms with van der Waals surface area (Å²) in [4.78, 5) is 51.9. The zero-order valence-corrected chi connectivity index (χ0v) is 28.7. The van der Waals surface area contributed by atoms with E-state index in [4.69, 9.17) is 14.2 Å². The third kappa shape index (κ3) is 8.77. The molecular formula is C33H37N5O7S2. The van der Waals surface area contributed by atoms with Gasteiger partial charge in [0.05, 0.1) is 44.1 Å². The lowest BCUT2D eigenvalue weighted by Crippen LogP contribution is -2.26. The molecular weight excluding hydrogens is 643 g/mol. The first-order valence-corrected chi connectivity index (χ1v) is 16.6. The van der Waals surface area contributed by atoms with Crippen molar-refractivity contribution in [2.24, 2.45) is 0 Å². The molecule has 2 amide bonds. The Hall–Kier alpha value is -4.69. The highest BCUT2D eigenvalue weighted by molar-refractivity contribution is 8.00. The number of carbonyl (C=O) groups excluding carboxylic acids is 4. The smallest absolute Gasteiger partial charge is 0.348 e. The molecule has 0 saturated heterocycles. The SMILES string of the molecule is CCOC(=O)c1sc(NC(=O)[C@H](C)Sc2nnc(CNC(=O)Cc3ccc(OC)cc3)n2-c2cccc(C)c2)c(C(=O)OCC)c1C. The number of ether oxygens (including phenoxy) is 3. The van der Waals surface area contributed by atoms with E-state index in [1.54, 1.807) is 51.5 Å². The van der Waals surface area contributed by atoms with Gasteiger partial charge in [0.15, 0.2) is 11.0 Å². The summed E-state index contributed by atoms with van der Waals surface area (Å²) < 4.78 is 17.3. The number of thioether (sulfide) groups is 1. The molecule has 0 spiro atoms. The number of carbonyl (C=O) groups is 4. The molecule has 2 heterocycles. The largest absolute Gasteiger partial charge is 0.497 e. The second-order valence-corrected chi connectivity index (χ2v) is 12.7. The highest BCUT2D eigenvalue weighted by Crippen LogP contribution is 2.35. The second kappa shape index (κ2) is 16.2. The van der Waals surface area contributed by atoms with Crippen LogP contribution in [0, 0.1) is 13.8 Å². The van der Waals surface area contributed by atoms with Gasteiger partial charge in [-0.15, -0.1) is 21.5 Å². The Morgan fingerprint density at radius 2 is 1.68 bits per heavy atom. The summed E-state index contributed by atoms with van der Waals surface area (Å²) in [5, 5.41) is 14.3. The summed E-state index contributed by atoms with van der Waals surface area (Å²) in [6.07, 6.45) is 0.176. The quantitative estimate of drug-likeness (QED) is 0.133. The molecule has 1 atom stereocenters. The van der Waals surface area contributed by atoms with Crippen molar-refractivity contribution in [3.63, 3.8) is 0 Å². The van der Waals surface area contributed by atoms with Crippen LogP contribution in [-0.4, -0.2) is 64.1 Å². The number of benzene rings is 2. The van der Waals surface area contributed by atoms with Gasteiger partial charge in [0.1, 0.15) is 15.6 Å². The Morgan fingerprint density at radius 1 is 0.979 bits per heavy atom. The van der Waals surface area contributed by atoms with Gasteiger partial charge in [-0.1, -0.05) is 36.0 Å². The van der Waals surface area contributed by atoms with Crippen LogP contribution in [0.3, 0.4) is 0 Å². The van der Waals surface area contributed by atoms with Crippen LogP contribution >= 0.6 is 23.1 Å². The van der Waals surface area contributed by atoms with E-state index < -0.39 is 23.1 Å². The van der Waals surface area contributed by atoms with E-state index in [0.717, 1.165) is 39.9 Å². The van der Waals surface area contributed by atoms with Crippen LogP contribution in [0.4, 0.5) is 5.00 Å². The number of nitrogens with zero attached hydrogens (tertiary/aromatic N) is 3. The van der Waals surface area contributed by atoms with Crippen LogP contribution < -0.4 is 15.4 Å².